The number of guanidine groups is 1. The summed E-state index contributed by atoms with van der Waals surface area (Å²) >= 11 is 0. The molecule has 1 saturated heterocycles. The summed E-state index contributed by atoms with van der Waals surface area (Å²) in [5.74, 6) is 0.835. The summed E-state index contributed by atoms with van der Waals surface area (Å²) in [6.07, 6.45) is 4.33. The Kier molecular flexibility index (Phi) is 6.61. The topological polar surface area (TPSA) is 52.6 Å². The summed E-state index contributed by atoms with van der Waals surface area (Å²) in [4.78, 5) is 11.3. The van der Waals surface area contributed by atoms with Crippen molar-refractivity contribution in [2.45, 2.75) is 38.9 Å². The summed E-state index contributed by atoms with van der Waals surface area (Å²) in [7, 11) is 1.82. The Bertz CT molecular complexity index is 713. The number of aryl methyl sites for hydroxylation is 1. The molecule has 138 valence electrons. The quantitative estimate of drug-likeness (QED) is 0.621. The highest BCUT2D eigenvalue weighted by atomic mass is 15.2. The van der Waals surface area contributed by atoms with E-state index in [9.17, 15) is 0 Å². The maximum absolute atomic E-state index is 4.43. The highest BCUT2D eigenvalue weighted by molar-refractivity contribution is 5.79. The highest BCUT2D eigenvalue weighted by Gasteiger charge is 2.24. The second-order valence-corrected chi connectivity index (χ2v) is 6.83. The summed E-state index contributed by atoms with van der Waals surface area (Å²) in [6.45, 7) is 5.87. The molecule has 1 aromatic heterocycles. The number of rotatable bonds is 6. The van der Waals surface area contributed by atoms with Crippen LogP contribution in [0.5, 0.6) is 0 Å². The minimum Gasteiger partial charge on any atom is -0.355 e. The average molecular weight is 351 g/mol. The third-order valence-corrected chi connectivity index (χ3v) is 5.00. The predicted octanol–water partition coefficient (Wildman–Crippen LogP) is 2.72. The maximum atomic E-state index is 4.43. The van der Waals surface area contributed by atoms with Crippen LogP contribution in [0.15, 0.2) is 53.7 Å². The Hall–Kier alpha value is -2.40. The molecule has 2 aromatic rings. The van der Waals surface area contributed by atoms with Gasteiger partial charge in [0.05, 0.1) is 12.2 Å². The molecule has 26 heavy (non-hydrogen) atoms. The summed E-state index contributed by atoms with van der Waals surface area (Å²) in [5, 5.41) is 6.86. The summed E-state index contributed by atoms with van der Waals surface area (Å²) in [6, 6.07) is 15.3. The first-order valence-corrected chi connectivity index (χ1v) is 9.39. The minimum absolute atomic E-state index is 0.547. The van der Waals surface area contributed by atoms with Crippen LogP contribution in [-0.2, 0) is 13.1 Å². The first-order chi connectivity index (χ1) is 12.8. The zero-order valence-corrected chi connectivity index (χ0v) is 15.8. The van der Waals surface area contributed by atoms with Crippen LogP contribution < -0.4 is 10.6 Å². The van der Waals surface area contributed by atoms with Gasteiger partial charge in [0, 0.05) is 32.4 Å². The van der Waals surface area contributed by atoms with E-state index in [1.165, 1.54) is 30.5 Å². The molecule has 5 heteroatoms. The summed E-state index contributed by atoms with van der Waals surface area (Å²) < 4.78 is 0. The largest absolute Gasteiger partial charge is 0.355 e. The first-order valence-electron chi connectivity index (χ1n) is 9.39. The van der Waals surface area contributed by atoms with Crippen LogP contribution in [0.2, 0.25) is 0 Å². The molecular weight excluding hydrogens is 322 g/mol. The van der Waals surface area contributed by atoms with Gasteiger partial charge in [-0.15, -0.1) is 0 Å². The lowest BCUT2D eigenvalue weighted by molar-refractivity contribution is 0.245. The van der Waals surface area contributed by atoms with Gasteiger partial charge in [0.1, 0.15) is 0 Å². The van der Waals surface area contributed by atoms with Crippen LogP contribution in [0.4, 0.5) is 0 Å². The van der Waals surface area contributed by atoms with Crippen molar-refractivity contribution < 1.29 is 0 Å². The lowest BCUT2D eigenvalue weighted by Gasteiger charge is -2.25. The fourth-order valence-electron chi connectivity index (χ4n) is 3.46. The van der Waals surface area contributed by atoms with Crippen LogP contribution in [0.1, 0.15) is 29.7 Å². The lowest BCUT2D eigenvalue weighted by Crippen LogP contribution is -2.44. The van der Waals surface area contributed by atoms with E-state index in [4.69, 9.17) is 0 Å². The molecule has 0 bridgehead atoms. The third-order valence-electron chi connectivity index (χ3n) is 5.00. The fraction of sp³-hybridized carbons (Fsp3) is 0.429. The van der Waals surface area contributed by atoms with Gasteiger partial charge in [-0.25, -0.2) is 0 Å². The van der Waals surface area contributed by atoms with E-state index in [2.05, 4.69) is 68.8 Å². The van der Waals surface area contributed by atoms with Crippen molar-refractivity contribution >= 4 is 5.96 Å². The molecule has 1 aliphatic rings. The predicted molar refractivity (Wildman–Crippen MR) is 107 cm³/mol. The number of hydrogen-bond donors (Lipinski definition) is 2. The van der Waals surface area contributed by atoms with Crippen molar-refractivity contribution in [2.24, 2.45) is 4.99 Å². The van der Waals surface area contributed by atoms with E-state index >= 15 is 0 Å². The standard InChI is InChI=1S/C21H29N5/c1-17-8-6-12-23-20(17)15-25-21(22-2)24-14-19-11-7-13-26(19)16-18-9-4-3-5-10-18/h3-6,8-10,12,19H,7,11,13-16H2,1-2H3,(H2,22,24,25). The molecular formula is C21H29N5. The zero-order chi connectivity index (χ0) is 18.2. The SMILES string of the molecule is CN=C(NCc1ncccc1C)NCC1CCCN1Cc1ccccc1. The normalized spacial score (nSPS) is 18.1. The Labute approximate surface area is 156 Å². The molecule has 1 fully saturated rings. The minimum atomic E-state index is 0.547. The van der Waals surface area contributed by atoms with Gasteiger partial charge >= 0.3 is 0 Å². The molecule has 3 rings (SSSR count). The molecule has 0 saturated carbocycles. The molecule has 1 aromatic carbocycles. The molecule has 0 radical (unpaired) electrons. The number of hydrogen-bond acceptors (Lipinski definition) is 3. The highest BCUT2D eigenvalue weighted by Crippen LogP contribution is 2.19. The zero-order valence-electron chi connectivity index (χ0n) is 15.8. The van der Waals surface area contributed by atoms with E-state index < -0.39 is 0 Å². The number of aliphatic imine (C=N–C) groups is 1. The molecule has 2 heterocycles. The van der Waals surface area contributed by atoms with Crippen LogP contribution in [0, 0.1) is 6.92 Å². The molecule has 0 amide bonds. The van der Waals surface area contributed by atoms with Gasteiger partial charge in [-0.3, -0.25) is 14.9 Å². The van der Waals surface area contributed by atoms with Gasteiger partial charge in [-0.05, 0) is 43.5 Å². The van der Waals surface area contributed by atoms with E-state index in [1.807, 2.05) is 19.3 Å². The molecule has 0 aliphatic carbocycles. The monoisotopic (exact) mass is 351 g/mol. The van der Waals surface area contributed by atoms with Gasteiger partial charge in [0.25, 0.3) is 0 Å². The Balaban J connectivity index is 1.49. The van der Waals surface area contributed by atoms with Crippen molar-refractivity contribution in [2.75, 3.05) is 20.1 Å². The Morgan fingerprint density at radius 2 is 2.04 bits per heavy atom. The van der Waals surface area contributed by atoms with Gasteiger partial charge < -0.3 is 10.6 Å². The smallest absolute Gasteiger partial charge is 0.191 e. The summed E-state index contributed by atoms with van der Waals surface area (Å²) in [5.41, 5.74) is 3.63. The van der Waals surface area contributed by atoms with Crippen molar-refractivity contribution in [3.05, 3.63) is 65.5 Å². The van der Waals surface area contributed by atoms with Gasteiger partial charge in [-0.2, -0.15) is 0 Å². The molecule has 2 N–H and O–H groups in total. The number of aromatic nitrogens is 1. The van der Waals surface area contributed by atoms with Crippen molar-refractivity contribution in [3.8, 4) is 0 Å². The Morgan fingerprint density at radius 3 is 2.81 bits per heavy atom. The average Bonchev–Trinajstić information content (AvgIpc) is 3.11. The number of nitrogens with zero attached hydrogens (tertiary/aromatic N) is 3. The van der Waals surface area contributed by atoms with Crippen molar-refractivity contribution in [1.82, 2.24) is 20.5 Å². The van der Waals surface area contributed by atoms with Gasteiger partial charge in [0.2, 0.25) is 0 Å². The number of likely N-dealkylation sites (tertiary alicyclic amines) is 1. The van der Waals surface area contributed by atoms with Crippen molar-refractivity contribution in [3.63, 3.8) is 0 Å². The van der Waals surface area contributed by atoms with Crippen LogP contribution in [0.3, 0.4) is 0 Å². The molecule has 0 spiro atoms. The second-order valence-electron chi connectivity index (χ2n) is 6.83. The van der Waals surface area contributed by atoms with E-state index in [0.717, 1.165) is 24.7 Å². The number of pyridine rings is 1. The van der Waals surface area contributed by atoms with E-state index in [1.54, 1.807) is 0 Å². The van der Waals surface area contributed by atoms with Gasteiger partial charge in [0.15, 0.2) is 5.96 Å². The third kappa shape index (κ3) is 5.05. The molecule has 1 atom stereocenters. The fourth-order valence-corrected chi connectivity index (χ4v) is 3.46. The van der Waals surface area contributed by atoms with Crippen LogP contribution in [-0.4, -0.2) is 42.0 Å². The van der Waals surface area contributed by atoms with Crippen LogP contribution in [0.25, 0.3) is 0 Å². The first kappa shape index (κ1) is 18.4. The van der Waals surface area contributed by atoms with E-state index in [-0.39, 0.29) is 0 Å². The maximum Gasteiger partial charge on any atom is 0.191 e. The van der Waals surface area contributed by atoms with E-state index in [0.29, 0.717) is 12.6 Å². The number of benzene rings is 1. The van der Waals surface area contributed by atoms with Gasteiger partial charge in [-0.1, -0.05) is 36.4 Å². The molecule has 1 aliphatic heterocycles. The lowest BCUT2D eigenvalue weighted by atomic mass is 10.2. The molecule has 5 nitrogen and oxygen atoms in total. The molecule has 1 unspecified atom stereocenters. The number of nitrogens with one attached hydrogen (secondary N) is 2. The second kappa shape index (κ2) is 9.34. The Morgan fingerprint density at radius 1 is 1.19 bits per heavy atom. The van der Waals surface area contributed by atoms with Crippen LogP contribution >= 0.6 is 0 Å². The van der Waals surface area contributed by atoms with Crippen molar-refractivity contribution in [1.29, 1.82) is 0 Å².